The Kier molecular flexibility index (Phi) is 6.73. The van der Waals surface area contributed by atoms with E-state index in [2.05, 4.69) is 43.1 Å². The zero-order valence-electron chi connectivity index (χ0n) is 11.1. The Labute approximate surface area is 108 Å². The molecule has 0 saturated heterocycles. The van der Waals surface area contributed by atoms with Crippen molar-refractivity contribution in [3.63, 3.8) is 0 Å². The fourth-order valence-corrected chi connectivity index (χ4v) is 2.65. The smallest absolute Gasteiger partial charge is 0.0791 e. The monoisotopic (exact) mass is 256 g/mol. The minimum absolute atomic E-state index is 0.282. The number of aryl methyl sites for hydroxylation is 1. The average molecular weight is 256 g/mol. The molecule has 1 atom stereocenters. The Hall–Kier alpha value is -0.420. The van der Waals surface area contributed by atoms with Crippen LogP contribution in [0.1, 0.15) is 23.6 Å². The molecule has 0 aliphatic rings. The first-order valence-electron chi connectivity index (χ1n) is 6.32. The van der Waals surface area contributed by atoms with Crippen molar-refractivity contribution in [1.82, 2.24) is 10.2 Å². The molecule has 0 aliphatic heterocycles. The Morgan fingerprint density at radius 1 is 1.35 bits per heavy atom. The lowest BCUT2D eigenvalue weighted by Crippen LogP contribution is -2.38. The van der Waals surface area contributed by atoms with E-state index in [4.69, 9.17) is 0 Å². The topological polar surface area (TPSA) is 35.5 Å². The van der Waals surface area contributed by atoms with Crippen LogP contribution in [-0.2, 0) is 6.54 Å². The zero-order valence-corrected chi connectivity index (χ0v) is 11.9. The predicted molar refractivity (Wildman–Crippen MR) is 74.6 cm³/mol. The van der Waals surface area contributed by atoms with E-state index in [1.165, 1.54) is 9.75 Å². The van der Waals surface area contributed by atoms with Crippen molar-refractivity contribution in [3.8, 4) is 0 Å². The third kappa shape index (κ3) is 5.64. The Balaban J connectivity index is 2.17. The second-order valence-corrected chi connectivity index (χ2v) is 5.66. The lowest BCUT2D eigenvalue weighted by Gasteiger charge is -2.21. The van der Waals surface area contributed by atoms with E-state index in [0.29, 0.717) is 6.54 Å². The van der Waals surface area contributed by atoms with Gasteiger partial charge in [0.2, 0.25) is 0 Å². The highest BCUT2D eigenvalue weighted by atomic mass is 32.1. The van der Waals surface area contributed by atoms with E-state index in [0.717, 1.165) is 26.2 Å². The molecule has 3 nitrogen and oxygen atoms in total. The van der Waals surface area contributed by atoms with Crippen molar-refractivity contribution < 1.29 is 5.11 Å². The van der Waals surface area contributed by atoms with Crippen molar-refractivity contribution in [2.24, 2.45) is 0 Å². The highest BCUT2D eigenvalue weighted by molar-refractivity contribution is 7.11. The minimum Gasteiger partial charge on any atom is -0.390 e. The number of hydrogen-bond acceptors (Lipinski definition) is 4. The molecule has 0 radical (unpaired) electrons. The van der Waals surface area contributed by atoms with Crippen molar-refractivity contribution >= 4 is 11.3 Å². The maximum atomic E-state index is 9.86. The molecular weight excluding hydrogens is 232 g/mol. The van der Waals surface area contributed by atoms with Gasteiger partial charge in [0, 0.05) is 29.4 Å². The molecule has 2 N–H and O–H groups in total. The number of nitrogens with zero attached hydrogens (tertiary/aromatic N) is 1. The van der Waals surface area contributed by atoms with Gasteiger partial charge in [-0.05, 0) is 32.1 Å². The van der Waals surface area contributed by atoms with E-state index in [-0.39, 0.29) is 6.10 Å². The Bertz CT molecular complexity index is 310. The molecule has 1 aromatic rings. The molecule has 0 spiro atoms. The van der Waals surface area contributed by atoms with Gasteiger partial charge in [0.25, 0.3) is 0 Å². The van der Waals surface area contributed by atoms with Crippen LogP contribution in [0.3, 0.4) is 0 Å². The maximum absolute atomic E-state index is 9.86. The molecule has 98 valence electrons. The summed E-state index contributed by atoms with van der Waals surface area (Å²) >= 11 is 1.81. The Morgan fingerprint density at radius 3 is 2.59 bits per heavy atom. The maximum Gasteiger partial charge on any atom is 0.0791 e. The first-order chi connectivity index (χ1) is 8.15. The highest BCUT2D eigenvalue weighted by Gasteiger charge is 2.08. The molecule has 17 heavy (non-hydrogen) atoms. The van der Waals surface area contributed by atoms with Gasteiger partial charge in [0.15, 0.2) is 0 Å². The summed E-state index contributed by atoms with van der Waals surface area (Å²) in [5.74, 6) is 0. The molecule has 1 unspecified atom stereocenters. The standard InChI is InChI=1S/C13H24N2OS/c1-4-15(5-2)10-12(16)8-14-9-13-7-6-11(3)17-13/h6-7,12,14,16H,4-5,8-10H2,1-3H3. The van der Waals surface area contributed by atoms with Gasteiger partial charge in [-0.2, -0.15) is 0 Å². The number of aliphatic hydroxyl groups is 1. The summed E-state index contributed by atoms with van der Waals surface area (Å²) in [4.78, 5) is 4.91. The SMILES string of the molecule is CCN(CC)CC(O)CNCc1ccc(C)s1. The van der Waals surface area contributed by atoms with Gasteiger partial charge in [-0.15, -0.1) is 11.3 Å². The van der Waals surface area contributed by atoms with Gasteiger partial charge in [-0.25, -0.2) is 0 Å². The molecular formula is C13H24N2OS. The molecule has 1 heterocycles. The van der Waals surface area contributed by atoms with E-state index < -0.39 is 0 Å². The summed E-state index contributed by atoms with van der Waals surface area (Å²) in [5, 5.41) is 13.2. The fourth-order valence-electron chi connectivity index (χ4n) is 1.79. The van der Waals surface area contributed by atoms with E-state index in [1.807, 2.05) is 11.3 Å². The molecule has 0 amide bonds. The lowest BCUT2D eigenvalue weighted by molar-refractivity contribution is 0.116. The van der Waals surface area contributed by atoms with Crippen LogP contribution < -0.4 is 5.32 Å². The van der Waals surface area contributed by atoms with Crippen LogP contribution in [0.25, 0.3) is 0 Å². The molecule has 0 saturated carbocycles. The summed E-state index contributed by atoms with van der Waals surface area (Å²) in [6.07, 6.45) is -0.282. The van der Waals surface area contributed by atoms with Crippen LogP contribution in [0.5, 0.6) is 0 Å². The first-order valence-corrected chi connectivity index (χ1v) is 7.13. The number of nitrogens with one attached hydrogen (secondary N) is 1. The highest BCUT2D eigenvalue weighted by Crippen LogP contribution is 2.14. The zero-order chi connectivity index (χ0) is 12.7. The number of rotatable bonds is 8. The fraction of sp³-hybridized carbons (Fsp3) is 0.692. The number of likely N-dealkylation sites (N-methyl/N-ethyl adjacent to an activating group) is 1. The first kappa shape index (κ1) is 14.6. The molecule has 4 heteroatoms. The third-order valence-electron chi connectivity index (χ3n) is 2.84. The van der Waals surface area contributed by atoms with Gasteiger partial charge in [0.05, 0.1) is 6.10 Å². The normalized spacial score (nSPS) is 13.2. The van der Waals surface area contributed by atoms with E-state index >= 15 is 0 Å². The quantitative estimate of drug-likeness (QED) is 0.745. The van der Waals surface area contributed by atoms with Crippen molar-refractivity contribution in [2.45, 2.75) is 33.4 Å². The van der Waals surface area contributed by atoms with Crippen molar-refractivity contribution in [1.29, 1.82) is 0 Å². The van der Waals surface area contributed by atoms with Crippen LogP contribution >= 0.6 is 11.3 Å². The largest absolute Gasteiger partial charge is 0.390 e. The van der Waals surface area contributed by atoms with Crippen LogP contribution in [0.15, 0.2) is 12.1 Å². The second-order valence-electron chi connectivity index (χ2n) is 4.28. The lowest BCUT2D eigenvalue weighted by atomic mass is 10.3. The molecule has 1 rings (SSSR count). The summed E-state index contributed by atoms with van der Waals surface area (Å²) in [5.41, 5.74) is 0. The van der Waals surface area contributed by atoms with Gasteiger partial charge in [-0.1, -0.05) is 13.8 Å². The second kappa shape index (κ2) is 7.82. The molecule has 1 aromatic heterocycles. The Morgan fingerprint density at radius 2 is 2.06 bits per heavy atom. The van der Waals surface area contributed by atoms with Gasteiger partial charge < -0.3 is 15.3 Å². The van der Waals surface area contributed by atoms with Gasteiger partial charge in [0.1, 0.15) is 0 Å². The van der Waals surface area contributed by atoms with Crippen LogP contribution in [0.2, 0.25) is 0 Å². The molecule has 0 aromatic carbocycles. The average Bonchev–Trinajstić information content (AvgIpc) is 2.72. The van der Waals surface area contributed by atoms with E-state index in [9.17, 15) is 5.11 Å². The van der Waals surface area contributed by atoms with Crippen LogP contribution in [0.4, 0.5) is 0 Å². The summed E-state index contributed by atoms with van der Waals surface area (Å²) in [7, 11) is 0. The van der Waals surface area contributed by atoms with Crippen molar-refractivity contribution in [2.75, 3.05) is 26.2 Å². The summed E-state index contributed by atoms with van der Waals surface area (Å²) < 4.78 is 0. The van der Waals surface area contributed by atoms with Crippen molar-refractivity contribution in [3.05, 3.63) is 21.9 Å². The predicted octanol–water partition coefficient (Wildman–Crippen LogP) is 1.85. The van der Waals surface area contributed by atoms with Crippen LogP contribution in [0, 0.1) is 6.92 Å². The third-order valence-corrected chi connectivity index (χ3v) is 3.84. The number of aliphatic hydroxyl groups excluding tert-OH is 1. The van der Waals surface area contributed by atoms with E-state index in [1.54, 1.807) is 0 Å². The number of hydrogen-bond donors (Lipinski definition) is 2. The summed E-state index contributed by atoms with van der Waals surface area (Å²) in [6, 6.07) is 4.28. The van der Waals surface area contributed by atoms with Gasteiger partial charge >= 0.3 is 0 Å². The van der Waals surface area contributed by atoms with Crippen LogP contribution in [-0.4, -0.2) is 42.3 Å². The molecule has 0 bridgehead atoms. The summed E-state index contributed by atoms with van der Waals surface area (Å²) in [6.45, 7) is 10.6. The molecule has 0 fully saturated rings. The number of thiophene rings is 1. The molecule has 0 aliphatic carbocycles. The minimum atomic E-state index is -0.282. The van der Waals surface area contributed by atoms with Gasteiger partial charge in [-0.3, -0.25) is 0 Å².